The Morgan fingerprint density at radius 2 is 0.678 bits per heavy atom. The van der Waals surface area contributed by atoms with Gasteiger partial charge in [-0.15, -0.1) is 0 Å². The van der Waals surface area contributed by atoms with Crippen molar-refractivity contribution in [3.8, 4) is 78.1 Å². The number of anilines is 3. The predicted molar refractivity (Wildman–Crippen MR) is 371 cm³/mol. The Labute approximate surface area is 521 Å². The molecule has 0 N–H and O–H groups in total. The summed E-state index contributed by atoms with van der Waals surface area (Å²) < 4.78 is 43.0. The van der Waals surface area contributed by atoms with Crippen molar-refractivity contribution in [2.24, 2.45) is 0 Å². The highest BCUT2D eigenvalue weighted by atomic mass is 32.1. The molecule has 424 valence electrons. The normalized spacial score (nSPS) is 11.7. The van der Waals surface area contributed by atoms with Gasteiger partial charge in [-0.3, -0.25) is 0 Å². The minimum absolute atomic E-state index is 0.275. The highest BCUT2D eigenvalue weighted by Gasteiger charge is 2.23. The minimum Gasteiger partial charge on any atom is -0.309 e. The second-order valence-electron chi connectivity index (χ2n) is 22.9. The zero-order valence-electron chi connectivity index (χ0n) is 48.3. The van der Waals surface area contributed by atoms with Gasteiger partial charge in [0, 0.05) is 49.9 Å². The first-order chi connectivity index (χ1) is 44.4. The van der Waals surface area contributed by atoms with E-state index in [2.05, 4.69) is 269 Å². The third kappa shape index (κ3) is 9.11. The van der Waals surface area contributed by atoms with Crippen molar-refractivity contribution in [3.63, 3.8) is 0 Å². The van der Waals surface area contributed by atoms with Crippen LogP contribution >= 0.6 is 11.7 Å². The summed E-state index contributed by atoms with van der Waals surface area (Å²) in [6.07, 6.45) is 0. The van der Waals surface area contributed by atoms with Gasteiger partial charge in [0.05, 0.1) is 39.5 Å². The standard InChI is InChI=1S/C82H51F2N5S/c83-64-31-15-56(16-32-64)61-28-44-75-72(49-61)73-50-62(57-17-33-65(84)34-18-57)29-45-76(73)88(75)68-41-25-60(26-42-68)71-43-48-79(82-81(71)85-90-86-82)87(66-35-19-54(20-36-66)52-9-3-1-4-10-52)67-37-23-58(24-38-67)63-30-46-77-74(51-63)80-70-14-8-7-13-59(70)27-47-78(80)89(77)69-39-21-55(22-40-69)53-11-5-2-6-12-53/h1-51H. The van der Waals surface area contributed by atoms with Crippen molar-refractivity contribution < 1.29 is 8.78 Å². The Bertz CT molecular complexity index is 5460. The molecule has 0 amide bonds. The first-order valence-electron chi connectivity index (χ1n) is 30.1. The summed E-state index contributed by atoms with van der Waals surface area (Å²) in [5.74, 6) is -0.549. The first-order valence-corrected chi connectivity index (χ1v) is 30.8. The van der Waals surface area contributed by atoms with Crippen molar-refractivity contribution in [3.05, 3.63) is 321 Å². The molecule has 3 heterocycles. The fraction of sp³-hybridized carbons (Fsp3) is 0. The smallest absolute Gasteiger partial charge is 0.129 e. The summed E-state index contributed by atoms with van der Waals surface area (Å²) in [4.78, 5) is 2.30. The zero-order valence-corrected chi connectivity index (χ0v) is 49.2. The van der Waals surface area contributed by atoms with Crippen LogP contribution in [0.1, 0.15) is 0 Å². The number of hydrogen-bond acceptors (Lipinski definition) is 4. The first kappa shape index (κ1) is 52.7. The van der Waals surface area contributed by atoms with E-state index in [1.54, 1.807) is 0 Å². The third-order valence-corrected chi connectivity index (χ3v) is 18.3. The summed E-state index contributed by atoms with van der Waals surface area (Å²) in [6, 6.07) is 107. The lowest BCUT2D eigenvalue weighted by Crippen LogP contribution is -2.10. The third-order valence-electron chi connectivity index (χ3n) is 17.8. The Morgan fingerprint density at radius 3 is 1.21 bits per heavy atom. The van der Waals surface area contributed by atoms with E-state index >= 15 is 0 Å². The Kier molecular flexibility index (Phi) is 12.7. The average Bonchev–Trinajstić information content (AvgIpc) is 1.60. The Balaban J connectivity index is 0.743. The van der Waals surface area contributed by atoms with Crippen molar-refractivity contribution in [2.75, 3.05) is 4.90 Å². The lowest BCUT2D eigenvalue weighted by atomic mass is 9.99. The largest absolute Gasteiger partial charge is 0.309 e. The number of aromatic nitrogens is 4. The molecule has 3 aromatic heterocycles. The summed E-state index contributed by atoms with van der Waals surface area (Å²) in [6.45, 7) is 0. The monoisotopic (exact) mass is 1180 g/mol. The lowest BCUT2D eigenvalue weighted by molar-refractivity contribution is 0.627. The molecule has 8 heteroatoms. The molecule has 0 unspecified atom stereocenters. The fourth-order valence-corrected chi connectivity index (χ4v) is 13.9. The summed E-state index contributed by atoms with van der Waals surface area (Å²) in [7, 11) is 0. The fourth-order valence-electron chi connectivity index (χ4n) is 13.3. The number of fused-ring (bicyclic) bond motifs is 9. The SMILES string of the molecule is Fc1ccc(-c2ccc3c(c2)c2cc(-c4ccc(F)cc4)ccc2n3-c2ccc(-c3ccc(N(c4ccc(-c5ccccc5)cc4)c4ccc(-c5ccc6c(c5)c5c7ccccc7ccc5n6-c5ccc(-c6ccccc6)cc5)cc4)c4nsnc34)cc2)cc1. The summed E-state index contributed by atoms with van der Waals surface area (Å²) in [5.41, 5.74) is 23.7. The average molecular weight is 1180 g/mol. The van der Waals surface area contributed by atoms with Gasteiger partial charge < -0.3 is 14.0 Å². The van der Waals surface area contributed by atoms with Gasteiger partial charge >= 0.3 is 0 Å². The predicted octanol–water partition coefficient (Wildman–Crippen LogP) is 22.8. The van der Waals surface area contributed by atoms with Crippen molar-refractivity contribution in [1.82, 2.24) is 17.9 Å². The Morgan fingerprint density at radius 1 is 0.289 bits per heavy atom. The number of rotatable bonds is 11. The molecule has 90 heavy (non-hydrogen) atoms. The molecule has 5 nitrogen and oxygen atoms in total. The second kappa shape index (κ2) is 21.7. The molecule has 17 rings (SSSR count). The lowest BCUT2D eigenvalue weighted by Gasteiger charge is -2.26. The Hall–Kier alpha value is -11.6. The van der Waals surface area contributed by atoms with Gasteiger partial charge in [0.1, 0.15) is 22.7 Å². The van der Waals surface area contributed by atoms with Gasteiger partial charge in [-0.2, -0.15) is 8.75 Å². The summed E-state index contributed by atoms with van der Waals surface area (Å²) >= 11 is 1.22. The molecule has 14 aromatic carbocycles. The molecule has 0 aliphatic rings. The molecule has 0 aliphatic heterocycles. The molecule has 0 fully saturated rings. The molecule has 0 saturated carbocycles. The maximum atomic E-state index is 14.1. The van der Waals surface area contributed by atoms with E-state index in [9.17, 15) is 8.78 Å². The van der Waals surface area contributed by atoms with Crippen molar-refractivity contribution >= 4 is 94.2 Å². The molecule has 0 spiro atoms. The van der Waals surface area contributed by atoms with Crippen LogP contribution in [0.15, 0.2) is 309 Å². The van der Waals surface area contributed by atoms with Crippen LogP contribution in [-0.2, 0) is 0 Å². The van der Waals surface area contributed by atoms with Gasteiger partial charge in [0.25, 0.3) is 0 Å². The van der Waals surface area contributed by atoms with E-state index in [4.69, 9.17) is 8.75 Å². The molecular formula is C82H51F2N5S. The van der Waals surface area contributed by atoms with Crippen LogP contribution in [0, 0.1) is 11.6 Å². The topological polar surface area (TPSA) is 38.9 Å². The molecular weight excluding hydrogens is 1120 g/mol. The van der Waals surface area contributed by atoms with Gasteiger partial charge in [0.15, 0.2) is 0 Å². The van der Waals surface area contributed by atoms with Crippen LogP contribution in [0.5, 0.6) is 0 Å². The van der Waals surface area contributed by atoms with Crippen molar-refractivity contribution in [1.29, 1.82) is 0 Å². The van der Waals surface area contributed by atoms with Crippen LogP contribution in [0.4, 0.5) is 25.8 Å². The number of halogens is 2. The van der Waals surface area contributed by atoms with Crippen LogP contribution < -0.4 is 4.90 Å². The summed E-state index contributed by atoms with van der Waals surface area (Å²) in [5, 5.41) is 6.98. The maximum absolute atomic E-state index is 14.1. The van der Waals surface area contributed by atoms with E-state index in [0.717, 1.165) is 122 Å². The molecule has 17 aromatic rings. The number of hydrogen-bond donors (Lipinski definition) is 0. The van der Waals surface area contributed by atoms with Gasteiger partial charge in [-0.1, -0.05) is 182 Å². The van der Waals surface area contributed by atoms with E-state index in [1.165, 1.54) is 74.2 Å². The van der Waals surface area contributed by atoms with Crippen LogP contribution in [0.3, 0.4) is 0 Å². The van der Waals surface area contributed by atoms with E-state index < -0.39 is 0 Å². The molecule has 0 aliphatic carbocycles. The highest BCUT2D eigenvalue weighted by Crippen LogP contribution is 2.45. The van der Waals surface area contributed by atoms with Gasteiger partial charge in [0.2, 0.25) is 0 Å². The van der Waals surface area contributed by atoms with Gasteiger partial charge in [-0.05, 0) is 199 Å². The van der Waals surface area contributed by atoms with Crippen LogP contribution in [0.2, 0.25) is 0 Å². The second-order valence-corrected chi connectivity index (χ2v) is 23.4. The van der Waals surface area contributed by atoms with E-state index in [1.807, 2.05) is 30.3 Å². The quantitative estimate of drug-likeness (QED) is 0.130. The number of nitrogens with zero attached hydrogens (tertiary/aromatic N) is 5. The molecule has 0 radical (unpaired) electrons. The number of benzene rings is 14. The van der Waals surface area contributed by atoms with Crippen LogP contribution in [-0.4, -0.2) is 17.9 Å². The van der Waals surface area contributed by atoms with Crippen LogP contribution in [0.25, 0.3) is 144 Å². The van der Waals surface area contributed by atoms with Crippen molar-refractivity contribution in [2.45, 2.75) is 0 Å². The van der Waals surface area contributed by atoms with Gasteiger partial charge in [-0.25, -0.2) is 8.78 Å². The zero-order chi connectivity index (χ0) is 59.8. The molecule has 0 atom stereocenters. The minimum atomic E-state index is -0.275. The molecule has 0 saturated heterocycles. The highest BCUT2D eigenvalue weighted by molar-refractivity contribution is 7.00. The molecule has 0 bridgehead atoms. The van der Waals surface area contributed by atoms with E-state index in [0.29, 0.717) is 0 Å². The maximum Gasteiger partial charge on any atom is 0.129 e. The van der Waals surface area contributed by atoms with E-state index in [-0.39, 0.29) is 11.6 Å².